The van der Waals surface area contributed by atoms with Crippen LogP contribution in [-0.2, 0) is 18.4 Å². The predicted molar refractivity (Wildman–Crippen MR) is 261 cm³/mol. The Morgan fingerprint density at radius 1 is 1.10 bits per heavy atom. The van der Waals surface area contributed by atoms with E-state index in [1.54, 1.807) is 43.6 Å². The molecule has 0 bridgehead atoms. The summed E-state index contributed by atoms with van der Waals surface area (Å²) in [5.74, 6) is 0.808. The highest BCUT2D eigenvalue weighted by Gasteiger charge is 2.24. The summed E-state index contributed by atoms with van der Waals surface area (Å²) in [6.45, 7) is 16.0. The number of aliphatic hydroxyl groups excluding tert-OH is 1. The van der Waals surface area contributed by atoms with E-state index in [1.807, 2.05) is 33.0 Å². The molecule has 3 aromatic rings. The minimum Gasteiger partial charge on any atom is -0.400 e. The molecule has 0 aliphatic carbocycles. The van der Waals surface area contributed by atoms with Crippen molar-refractivity contribution >= 4 is 58.8 Å². The molecule has 0 saturated carbocycles. The summed E-state index contributed by atoms with van der Waals surface area (Å²) < 4.78 is 6.66. The van der Waals surface area contributed by atoms with Gasteiger partial charge in [0.25, 0.3) is 5.56 Å². The van der Waals surface area contributed by atoms with Gasteiger partial charge in [-0.15, -0.1) is 11.6 Å². The van der Waals surface area contributed by atoms with Gasteiger partial charge >= 0.3 is 0 Å². The molecule has 2 fully saturated rings. The quantitative estimate of drug-likeness (QED) is 0.0515. The molecule has 63 heavy (non-hydrogen) atoms. The maximum absolute atomic E-state index is 12.0. The number of halogens is 3. The number of likely N-dealkylation sites (N-methyl/N-ethyl adjacent to an activating group) is 2. The third-order valence-electron chi connectivity index (χ3n) is 9.05. The number of allylic oxidation sites excluding steroid dienone is 2. The minimum atomic E-state index is -0.288. The first-order valence-electron chi connectivity index (χ1n) is 20.9. The van der Waals surface area contributed by atoms with Crippen molar-refractivity contribution in [1.29, 1.82) is 5.41 Å². The Hall–Kier alpha value is -4.36. The van der Waals surface area contributed by atoms with Crippen LogP contribution >= 0.6 is 34.8 Å². The number of hydrogen-bond acceptors (Lipinski definition) is 15. The first-order valence-corrected chi connectivity index (χ1v) is 22.2. The molecule has 2 aliphatic rings. The Bertz CT molecular complexity index is 1870. The van der Waals surface area contributed by atoms with Crippen molar-refractivity contribution in [2.24, 2.45) is 17.9 Å². The van der Waals surface area contributed by atoms with Crippen molar-refractivity contribution in [2.75, 3.05) is 72.7 Å². The van der Waals surface area contributed by atoms with Crippen molar-refractivity contribution in [3.8, 4) is 11.4 Å². The summed E-state index contributed by atoms with van der Waals surface area (Å²) in [5.41, 5.74) is 7.47. The molecule has 2 aliphatic heterocycles. The van der Waals surface area contributed by atoms with Gasteiger partial charge < -0.3 is 41.6 Å². The summed E-state index contributed by atoms with van der Waals surface area (Å²) in [7, 11) is 9.62. The molecule has 17 nitrogen and oxygen atoms in total. The van der Waals surface area contributed by atoms with Crippen molar-refractivity contribution in [2.45, 2.75) is 84.8 Å². The van der Waals surface area contributed by atoms with E-state index in [2.05, 4.69) is 79.3 Å². The standard InChI is InChI=1S/C20H24Cl2N6O2.C12H19ClN4O.C6H12N2.C3H8.CH5N.CH4O/c1-24-20(29)16(9-21)17(10-23)25-15-3-2-8-28(11-15)12-18-26-19(27-30-18)13-4-6-14(22)7-5-13;1-16-6-4-3-5-9(8-16)15-10-7-14-17(2)12(18)11(10)13;1-5-7-8(4)6(2)3;1-3-2;2*1-2/h4-7,10,15,23,25H,2-3,8-9,11-12H2,1H3,(H,24,29);7,9,15H,3-6,8H2,1-2H3;5H,2H2,1,3-4H3;3H2,1-2H3;2H2,1H3;2H,1H3/b17-16+,23-10?;;7-5-;;;. The van der Waals surface area contributed by atoms with Gasteiger partial charge in [0, 0.05) is 82.1 Å². The second-order valence-electron chi connectivity index (χ2n) is 14.2. The topological polar surface area (TPSA) is 219 Å². The van der Waals surface area contributed by atoms with Crippen LogP contribution < -0.4 is 27.2 Å². The average molecular weight is 941 g/mol. The number of aliphatic hydroxyl groups is 1. The van der Waals surface area contributed by atoms with Crippen molar-refractivity contribution < 1.29 is 14.4 Å². The van der Waals surface area contributed by atoms with Crippen LogP contribution in [0.15, 0.2) is 68.4 Å². The number of nitrogens with zero attached hydrogens (tertiary/aromatic N) is 8. The number of carbonyl (C=O) groups is 1. The van der Waals surface area contributed by atoms with Gasteiger partial charge in [-0.25, -0.2) is 4.68 Å². The number of amides is 1. The monoisotopic (exact) mass is 939 g/mol. The number of rotatable bonds is 12. The largest absolute Gasteiger partial charge is 0.400 e. The molecule has 2 atom stereocenters. The maximum Gasteiger partial charge on any atom is 0.287 e. The SMILES string of the molecule is C=C(C)N(C)/N=C\C.CCC.CN.CN1CCCCC(Nc2cnn(C)c(=O)c2Cl)C1.CNC(=O)/C(CCl)=C(\C=N)NC1CCCN(Cc2nc(-c3ccc(Cl)cc3)no2)C1.CO. The molecule has 1 amide bonds. The van der Waals surface area contributed by atoms with E-state index >= 15 is 0 Å². The van der Waals surface area contributed by atoms with E-state index in [4.69, 9.17) is 49.8 Å². The second kappa shape index (κ2) is 34.1. The first-order chi connectivity index (χ1) is 30.2. The number of carbonyl (C=O) groups excluding carboxylic acids is 1. The zero-order chi connectivity index (χ0) is 47.9. The van der Waals surface area contributed by atoms with E-state index in [9.17, 15) is 9.59 Å². The summed E-state index contributed by atoms with van der Waals surface area (Å²) in [6.07, 6.45) is 11.1. The van der Waals surface area contributed by atoms with Gasteiger partial charge in [0.1, 0.15) is 5.02 Å². The van der Waals surface area contributed by atoms with Gasteiger partial charge in [0.05, 0.1) is 35.6 Å². The van der Waals surface area contributed by atoms with Gasteiger partial charge in [0.2, 0.25) is 17.6 Å². The number of likely N-dealkylation sites (tertiary alicyclic amines) is 2. The summed E-state index contributed by atoms with van der Waals surface area (Å²) in [4.78, 5) is 32.7. The van der Waals surface area contributed by atoms with Crippen LogP contribution in [0, 0.1) is 5.41 Å². The predicted octanol–water partition coefficient (Wildman–Crippen LogP) is 6.22. The van der Waals surface area contributed by atoms with Crippen LogP contribution in [0.5, 0.6) is 0 Å². The molecule has 2 aromatic heterocycles. The lowest BCUT2D eigenvalue weighted by atomic mass is 10.0. The van der Waals surface area contributed by atoms with E-state index in [-0.39, 0.29) is 28.4 Å². The second-order valence-corrected chi connectivity index (χ2v) is 15.3. The lowest BCUT2D eigenvalue weighted by Gasteiger charge is -2.33. The Kier molecular flexibility index (Phi) is 31.7. The molecule has 5 rings (SSSR count). The third-order valence-corrected chi connectivity index (χ3v) is 9.94. The molecule has 0 radical (unpaired) electrons. The fourth-order valence-electron chi connectivity index (χ4n) is 5.94. The number of aromatic nitrogens is 4. The molecule has 354 valence electrons. The maximum atomic E-state index is 12.0. The fraction of sp³-hybridized carbons (Fsp3) is 0.558. The van der Waals surface area contributed by atoms with Crippen LogP contribution in [0.4, 0.5) is 5.69 Å². The third kappa shape index (κ3) is 22.2. The van der Waals surface area contributed by atoms with Gasteiger partial charge in [-0.05, 0) is 91.0 Å². The van der Waals surface area contributed by atoms with Crippen LogP contribution in [0.25, 0.3) is 11.4 Å². The Morgan fingerprint density at radius 2 is 1.73 bits per heavy atom. The number of alkyl halides is 1. The molecule has 0 spiro atoms. The molecule has 1 aromatic carbocycles. The number of anilines is 1. The number of nitrogens with one attached hydrogen (secondary N) is 4. The number of hydrazone groups is 1. The summed E-state index contributed by atoms with van der Waals surface area (Å²) in [6, 6.07) is 7.68. The molecule has 4 heterocycles. The lowest BCUT2D eigenvalue weighted by Crippen LogP contribution is -2.45. The van der Waals surface area contributed by atoms with Crippen LogP contribution in [0.3, 0.4) is 0 Å². The highest BCUT2D eigenvalue weighted by Crippen LogP contribution is 2.22. The highest BCUT2D eigenvalue weighted by atomic mass is 35.5. The average Bonchev–Trinajstić information content (AvgIpc) is 3.65. The Morgan fingerprint density at radius 3 is 2.29 bits per heavy atom. The number of benzene rings is 1. The van der Waals surface area contributed by atoms with Crippen molar-refractivity contribution in [3.63, 3.8) is 0 Å². The van der Waals surface area contributed by atoms with Gasteiger partial charge in [-0.1, -0.05) is 61.6 Å². The molecule has 20 heteroatoms. The van der Waals surface area contributed by atoms with Crippen LogP contribution in [0.2, 0.25) is 10.0 Å². The lowest BCUT2D eigenvalue weighted by molar-refractivity contribution is -0.117. The molecular formula is C43H72Cl3N13O4. The number of nitrogens with two attached hydrogens (primary N) is 1. The van der Waals surface area contributed by atoms with Crippen molar-refractivity contribution in [1.82, 2.24) is 45.4 Å². The normalized spacial score (nSPS) is 16.4. The van der Waals surface area contributed by atoms with Gasteiger partial charge in [0.15, 0.2) is 0 Å². The van der Waals surface area contributed by atoms with E-state index in [1.165, 1.54) is 31.0 Å². The molecular weight excluding hydrogens is 869 g/mol. The Balaban J connectivity index is 0.000000983. The van der Waals surface area contributed by atoms with Crippen LogP contribution in [0.1, 0.15) is 72.1 Å². The molecule has 2 unspecified atom stereocenters. The van der Waals surface area contributed by atoms with Crippen molar-refractivity contribution in [3.05, 3.63) is 80.3 Å². The zero-order valence-corrected chi connectivity index (χ0v) is 41.1. The van der Waals surface area contributed by atoms with E-state index in [0.29, 0.717) is 46.3 Å². The molecule has 2 saturated heterocycles. The number of piperidine rings is 1. The smallest absolute Gasteiger partial charge is 0.287 e. The fourth-order valence-corrected chi connectivity index (χ4v) is 6.55. The van der Waals surface area contributed by atoms with E-state index in [0.717, 1.165) is 70.0 Å². The Labute approximate surface area is 389 Å². The highest BCUT2D eigenvalue weighted by molar-refractivity contribution is 6.33. The molecule has 7 N–H and O–H groups in total. The number of hydrogen-bond donors (Lipinski definition) is 6. The number of aryl methyl sites for hydroxylation is 1. The summed E-state index contributed by atoms with van der Waals surface area (Å²) in [5, 5.41) is 38.4. The van der Waals surface area contributed by atoms with Crippen LogP contribution in [-0.4, -0.2) is 138 Å². The minimum absolute atomic E-state index is 0.0310. The summed E-state index contributed by atoms with van der Waals surface area (Å²) >= 11 is 17.9. The van der Waals surface area contributed by atoms with Gasteiger partial charge in [-0.3, -0.25) is 19.5 Å². The van der Waals surface area contributed by atoms with E-state index < -0.39 is 0 Å². The zero-order valence-electron chi connectivity index (χ0n) is 38.8. The first kappa shape index (κ1) is 58.6. The van der Waals surface area contributed by atoms with Gasteiger partial charge in [-0.2, -0.15) is 15.2 Å².